The van der Waals surface area contributed by atoms with Gasteiger partial charge in [-0.25, -0.2) is 0 Å². The molecule has 1 aromatic rings. The number of carbonyl (C=O) groups is 2. The minimum atomic E-state index is -0.226. The molecule has 3 heterocycles. The molecule has 2 aliphatic heterocycles. The lowest BCUT2D eigenvalue weighted by molar-refractivity contribution is -0.141. The highest BCUT2D eigenvalue weighted by Crippen LogP contribution is 2.25. The first-order valence-electron chi connectivity index (χ1n) is 5.58. The number of likely N-dealkylation sites (tertiary alicyclic amines) is 1. The van der Waals surface area contributed by atoms with E-state index in [2.05, 4.69) is 5.32 Å². The van der Waals surface area contributed by atoms with Crippen molar-refractivity contribution < 1.29 is 9.59 Å². The largest absolute Gasteiger partial charge is 0.349 e. The molecular weight excluding hydrogens is 236 g/mol. The highest BCUT2D eigenvalue weighted by molar-refractivity contribution is 7.10. The molecule has 3 rings (SSSR count). The van der Waals surface area contributed by atoms with Crippen molar-refractivity contribution in [1.82, 2.24) is 10.2 Å². The first kappa shape index (κ1) is 10.5. The van der Waals surface area contributed by atoms with Gasteiger partial charge in [0.2, 0.25) is 11.8 Å². The van der Waals surface area contributed by atoms with Gasteiger partial charge in [0.05, 0.1) is 6.04 Å². The number of hydrogen-bond donors (Lipinski definition) is 1. The lowest BCUT2D eigenvalue weighted by Crippen LogP contribution is -2.64. The number of thiophene rings is 1. The molecule has 2 aliphatic rings. The van der Waals surface area contributed by atoms with E-state index in [0.29, 0.717) is 6.54 Å². The molecule has 5 heteroatoms. The summed E-state index contributed by atoms with van der Waals surface area (Å²) < 4.78 is 0. The molecule has 2 saturated heterocycles. The Morgan fingerprint density at radius 2 is 2.47 bits per heavy atom. The number of hydrogen-bond acceptors (Lipinski definition) is 3. The number of nitrogens with one attached hydrogen (secondary N) is 1. The zero-order valence-electron chi connectivity index (χ0n) is 9.13. The van der Waals surface area contributed by atoms with Gasteiger partial charge in [0.15, 0.2) is 0 Å². The molecule has 0 bridgehead atoms. The first-order chi connectivity index (χ1) is 8.25. The van der Waals surface area contributed by atoms with Crippen LogP contribution in [0.4, 0.5) is 0 Å². The summed E-state index contributed by atoms with van der Waals surface area (Å²) in [7, 11) is 0. The van der Waals surface area contributed by atoms with Gasteiger partial charge >= 0.3 is 0 Å². The number of nitrogens with zero attached hydrogens (tertiary/aromatic N) is 1. The third-order valence-corrected chi connectivity index (χ3v) is 4.05. The summed E-state index contributed by atoms with van der Waals surface area (Å²) in [4.78, 5) is 26.0. The molecule has 1 aromatic heterocycles. The van der Waals surface area contributed by atoms with E-state index in [1.165, 1.54) is 0 Å². The summed E-state index contributed by atoms with van der Waals surface area (Å²) in [5.41, 5.74) is 0. The number of rotatable bonds is 2. The lowest BCUT2D eigenvalue weighted by Gasteiger charge is -2.35. The summed E-state index contributed by atoms with van der Waals surface area (Å²) in [6.45, 7) is 0.668. The van der Waals surface area contributed by atoms with Crippen LogP contribution in [0.25, 0.3) is 6.08 Å². The fraction of sp³-hybridized carbons (Fsp3) is 0.333. The molecule has 2 amide bonds. The molecule has 0 unspecified atom stereocenters. The smallest absolute Gasteiger partial charge is 0.247 e. The van der Waals surface area contributed by atoms with Gasteiger partial charge in [0.25, 0.3) is 0 Å². The topological polar surface area (TPSA) is 49.4 Å². The number of carbonyl (C=O) groups excluding carboxylic acids is 2. The zero-order chi connectivity index (χ0) is 11.8. The Labute approximate surface area is 103 Å². The second-order valence-electron chi connectivity index (χ2n) is 4.23. The summed E-state index contributed by atoms with van der Waals surface area (Å²) in [5, 5.41) is 4.77. The summed E-state index contributed by atoms with van der Waals surface area (Å²) in [5.74, 6) is -0.0916. The van der Waals surface area contributed by atoms with E-state index in [1.807, 2.05) is 17.5 Å². The Hall–Kier alpha value is -1.62. The molecular formula is C12H12N2O2S. The maximum absolute atomic E-state index is 11.9. The van der Waals surface area contributed by atoms with Crippen molar-refractivity contribution in [3.63, 3.8) is 0 Å². The highest BCUT2D eigenvalue weighted by Gasteiger charge is 2.49. The molecule has 4 nitrogen and oxygen atoms in total. The van der Waals surface area contributed by atoms with Crippen molar-refractivity contribution in [2.24, 2.45) is 0 Å². The van der Waals surface area contributed by atoms with Crippen LogP contribution in [0.1, 0.15) is 11.3 Å². The van der Waals surface area contributed by atoms with Gasteiger partial charge in [-0.05, 0) is 23.9 Å². The number of β-lactam (4-membered cyclic amide) rings is 1. The predicted molar refractivity (Wildman–Crippen MR) is 65.4 cm³/mol. The molecule has 1 N–H and O–H groups in total. The molecule has 88 valence electrons. The van der Waals surface area contributed by atoms with Gasteiger partial charge in [0, 0.05) is 17.5 Å². The SMILES string of the molecule is O=C1N[C@@H]2CCN(C(=O)C=Cc3cccs3)[C@H]12. The molecule has 0 aliphatic carbocycles. The second-order valence-corrected chi connectivity index (χ2v) is 5.21. The quantitative estimate of drug-likeness (QED) is 0.623. The van der Waals surface area contributed by atoms with E-state index in [-0.39, 0.29) is 23.9 Å². The van der Waals surface area contributed by atoms with Gasteiger partial charge in [-0.2, -0.15) is 0 Å². The van der Waals surface area contributed by atoms with E-state index in [1.54, 1.807) is 28.4 Å². The van der Waals surface area contributed by atoms with Crippen LogP contribution in [-0.2, 0) is 9.59 Å². The maximum Gasteiger partial charge on any atom is 0.247 e. The summed E-state index contributed by atoms with van der Waals surface area (Å²) >= 11 is 1.59. The fourth-order valence-electron chi connectivity index (χ4n) is 2.32. The monoisotopic (exact) mass is 248 g/mol. The van der Waals surface area contributed by atoms with Gasteiger partial charge in [-0.1, -0.05) is 6.07 Å². The van der Waals surface area contributed by atoms with Crippen LogP contribution in [0.2, 0.25) is 0 Å². The van der Waals surface area contributed by atoms with Crippen molar-refractivity contribution in [1.29, 1.82) is 0 Å². The van der Waals surface area contributed by atoms with Crippen molar-refractivity contribution in [2.75, 3.05) is 6.54 Å². The Bertz CT molecular complexity index is 481. The van der Waals surface area contributed by atoms with Gasteiger partial charge in [-0.3, -0.25) is 9.59 Å². The van der Waals surface area contributed by atoms with Crippen LogP contribution >= 0.6 is 11.3 Å². The van der Waals surface area contributed by atoms with Crippen LogP contribution < -0.4 is 5.32 Å². The minimum absolute atomic E-state index is 0.0228. The van der Waals surface area contributed by atoms with Crippen LogP contribution in [0.3, 0.4) is 0 Å². The number of amides is 2. The third kappa shape index (κ3) is 1.76. The lowest BCUT2D eigenvalue weighted by atomic mass is 10.0. The summed E-state index contributed by atoms with van der Waals surface area (Å²) in [6, 6.07) is 3.86. The maximum atomic E-state index is 11.9. The molecule has 0 aromatic carbocycles. The molecule has 0 saturated carbocycles. The van der Waals surface area contributed by atoms with E-state index < -0.39 is 0 Å². The van der Waals surface area contributed by atoms with Crippen LogP contribution in [0, 0.1) is 0 Å². The highest BCUT2D eigenvalue weighted by atomic mass is 32.1. The average molecular weight is 248 g/mol. The number of fused-ring (bicyclic) bond motifs is 1. The van der Waals surface area contributed by atoms with Crippen LogP contribution in [0.5, 0.6) is 0 Å². The molecule has 2 fully saturated rings. The molecule has 2 atom stereocenters. The van der Waals surface area contributed by atoms with E-state index in [9.17, 15) is 9.59 Å². The van der Waals surface area contributed by atoms with Crippen LogP contribution in [-0.4, -0.2) is 35.3 Å². The normalized spacial score (nSPS) is 26.8. The average Bonchev–Trinajstić information content (AvgIpc) is 2.91. The molecule has 17 heavy (non-hydrogen) atoms. The Morgan fingerprint density at radius 3 is 3.18 bits per heavy atom. The predicted octanol–water partition coefficient (Wildman–Crippen LogP) is 0.861. The van der Waals surface area contributed by atoms with Crippen molar-refractivity contribution in [2.45, 2.75) is 18.5 Å². The second kappa shape index (κ2) is 4.00. The Morgan fingerprint density at radius 1 is 1.59 bits per heavy atom. The Balaban J connectivity index is 1.69. The van der Waals surface area contributed by atoms with E-state index >= 15 is 0 Å². The molecule has 0 radical (unpaired) electrons. The summed E-state index contributed by atoms with van der Waals surface area (Å²) in [6.07, 6.45) is 4.23. The van der Waals surface area contributed by atoms with Crippen molar-refractivity contribution >= 4 is 29.2 Å². The standard InChI is InChI=1S/C12H12N2O2S/c15-10(4-3-8-2-1-7-17-8)14-6-5-9-11(14)12(16)13-9/h1-4,7,9,11H,5-6H2,(H,13,16)/t9-,11+/m1/s1. The van der Waals surface area contributed by atoms with Crippen molar-refractivity contribution in [3.05, 3.63) is 28.5 Å². The van der Waals surface area contributed by atoms with E-state index in [4.69, 9.17) is 0 Å². The zero-order valence-corrected chi connectivity index (χ0v) is 9.94. The Kier molecular flexibility index (Phi) is 2.48. The van der Waals surface area contributed by atoms with E-state index in [0.717, 1.165) is 11.3 Å². The fourth-order valence-corrected chi connectivity index (χ4v) is 2.94. The van der Waals surface area contributed by atoms with Crippen molar-refractivity contribution in [3.8, 4) is 0 Å². The van der Waals surface area contributed by atoms with Gasteiger partial charge in [0.1, 0.15) is 6.04 Å². The van der Waals surface area contributed by atoms with Gasteiger partial charge in [-0.15, -0.1) is 11.3 Å². The van der Waals surface area contributed by atoms with Gasteiger partial charge < -0.3 is 10.2 Å². The van der Waals surface area contributed by atoms with Crippen LogP contribution in [0.15, 0.2) is 23.6 Å². The molecule has 0 spiro atoms. The third-order valence-electron chi connectivity index (χ3n) is 3.21. The first-order valence-corrected chi connectivity index (χ1v) is 6.46. The minimum Gasteiger partial charge on any atom is -0.349 e.